The molecule has 1 saturated heterocycles. The highest BCUT2D eigenvalue weighted by atomic mass is 15.3. The molecule has 0 atom stereocenters. The molecule has 0 unspecified atom stereocenters. The lowest BCUT2D eigenvalue weighted by molar-refractivity contribution is 0.253. The fourth-order valence-electron chi connectivity index (χ4n) is 3.88. The summed E-state index contributed by atoms with van der Waals surface area (Å²) < 4.78 is 0. The lowest BCUT2D eigenvalue weighted by Gasteiger charge is -2.36. The van der Waals surface area contributed by atoms with Gasteiger partial charge in [-0.3, -0.25) is 4.90 Å². The first-order chi connectivity index (χ1) is 14.3. The van der Waals surface area contributed by atoms with Gasteiger partial charge in [-0.15, -0.1) is 0 Å². The standard InChI is InChI=1S/C24H29N5/c25-24-26-18-22(19-27-24)21-11-9-20(10-12-21)6-4-5-13-28-14-16-29(17-15-28)23-7-2-1-3-8-23/h1-3,7-12,18-19H,4-6,13-17H2,(H2,25,26,27). The Balaban J connectivity index is 1.17. The minimum atomic E-state index is 0.312. The summed E-state index contributed by atoms with van der Waals surface area (Å²) >= 11 is 0. The third kappa shape index (κ3) is 5.33. The first kappa shape index (κ1) is 19.4. The smallest absolute Gasteiger partial charge is 0.219 e. The fraction of sp³-hybridized carbons (Fsp3) is 0.333. The van der Waals surface area contributed by atoms with Gasteiger partial charge in [0.15, 0.2) is 0 Å². The monoisotopic (exact) mass is 387 g/mol. The third-order valence-corrected chi connectivity index (χ3v) is 5.64. The summed E-state index contributed by atoms with van der Waals surface area (Å²) in [5, 5.41) is 0. The largest absolute Gasteiger partial charge is 0.369 e. The predicted octanol–water partition coefficient (Wildman–Crippen LogP) is 3.87. The number of piperazine rings is 1. The van der Waals surface area contributed by atoms with Crippen molar-refractivity contribution in [3.05, 3.63) is 72.6 Å². The van der Waals surface area contributed by atoms with E-state index in [9.17, 15) is 0 Å². The maximum atomic E-state index is 5.56. The summed E-state index contributed by atoms with van der Waals surface area (Å²) in [7, 11) is 0. The van der Waals surface area contributed by atoms with Gasteiger partial charge >= 0.3 is 0 Å². The van der Waals surface area contributed by atoms with E-state index >= 15 is 0 Å². The molecule has 5 heteroatoms. The van der Waals surface area contributed by atoms with Gasteiger partial charge in [-0.2, -0.15) is 0 Å². The molecule has 2 N–H and O–H groups in total. The van der Waals surface area contributed by atoms with Crippen LogP contribution < -0.4 is 10.6 Å². The predicted molar refractivity (Wildman–Crippen MR) is 120 cm³/mol. The topological polar surface area (TPSA) is 58.3 Å². The molecule has 150 valence electrons. The number of aryl methyl sites for hydroxylation is 1. The number of hydrogen-bond acceptors (Lipinski definition) is 5. The second-order valence-corrected chi connectivity index (χ2v) is 7.65. The van der Waals surface area contributed by atoms with Crippen LogP contribution in [0.15, 0.2) is 67.0 Å². The maximum Gasteiger partial charge on any atom is 0.219 e. The van der Waals surface area contributed by atoms with Crippen LogP contribution in [0.3, 0.4) is 0 Å². The van der Waals surface area contributed by atoms with Crippen molar-refractivity contribution in [3.8, 4) is 11.1 Å². The molecule has 1 aromatic heterocycles. The third-order valence-electron chi connectivity index (χ3n) is 5.64. The molecular formula is C24H29N5. The van der Waals surface area contributed by atoms with Crippen molar-refractivity contribution in [1.82, 2.24) is 14.9 Å². The van der Waals surface area contributed by atoms with E-state index in [1.54, 1.807) is 12.4 Å². The molecular weight excluding hydrogens is 358 g/mol. The van der Waals surface area contributed by atoms with Gasteiger partial charge in [-0.1, -0.05) is 42.5 Å². The van der Waals surface area contributed by atoms with E-state index in [-0.39, 0.29) is 0 Å². The molecule has 1 fully saturated rings. The van der Waals surface area contributed by atoms with Crippen LogP contribution in [0.4, 0.5) is 11.6 Å². The van der Waals surface area contributed by atoms with Gasteiger partial charge in [0.05, 0.1) is 0 Å². The van der Waals surface area contributed by atoms with Gasteiger partial charge < -0.3 is 10.6 Å². The number of unbranched alkanes of at least 4 members (excludes halogenated alkanes) is 1. The Morgan fingerprint density at radius 2 is 1.45 bits per heavy atom. The zero-order chi connectivity index (χ0) is 19.9. The van der Waals surface area contributed by atoms with Crippen LogP contribution >= 0.6 is 0 Å². The van der Waals surface area contributed by atoms with Crippen LogP contribution in [0.2, 0.25) is 0 Å². The molecule has 1 aliphatic heterocycles. The van der Waals surface area contributed by atoms with Crippen LogP contribution in [-0.2, 0) is 6.42 Å². The Labute approximate surface area is 173 Å². The Bertz CT molecular complexity index is 869. The van der Waals surface area contributed by atoms with Crippen LogP contribution in [0.1, 0.15) is 18.4 Å². The van der Waals surface area contributed by atoms with Gasteiger partial charge in [-0.05, 0) is 49.1 Å². The van der Waals surface area contributed by atoms with Crippen molar-refractivity contribution in [3.63, 3.8) is 0 Å². The number of rotatable bonds is 7. The average Bonchev–Trinajstić information content (AvgIpc) is 2.79. The Morgan fingerprint density at radius 3 is 2.14 bits per heavy atom. The summed E-state index contributed by atoms with van der Waals surface area (Å²) in [6.07, 6.45) is 7.15. The number of benzene rings is 2. The minimum Gasteiger partial charge on any atom is -0.369 e. The average molecular weight is 388 g/mol. The summed E-state index contributed by atoms with van der Waals surface area (Å²) in [6.45, 7) is 5.77. The van der Waals surface area contributed by atoms with E-state index in [0.29, 0.717) is 5.95 Å². The van der Waals surface area contributed by atoms with E-state index < -0.39 is 0 Å². The lowest BCUT2D eigenvalue weighted by atomic mass is 10.0. The van der Waals surface area contributed by atoms with Crippen LogP contribution in [0, 0.1) is 0 Å². The van der Waals surface area contributed by atoms with Gasteiger partial charge in [0.2, 0.25) is 5.95 Å². The summed E-state index contributed by atoms with van der Waals surface area (Å²) in [4.78, 5) is 13.2. The molecule has 0 bridgehead atoms. The van der Waals surface area contributed by atoms with Crippen molar-refractivity contribution < 1.29 is 0 Å². The number of anilines is 2. The van der Waals surface area contributed by atoms with Crippen molar-refractivity contribution in [2.75, 3.05) is 43.4 Å². The molecule has 0 aliphatic carbocycles. The molecule has 3 aromatic rings. The molecule has 2 heterocycles. The first-order valence-electron chi connectivity index (χ1n) is 10.5. The van der Waals surface area contributed by atoms with Gasteiger partial charge in [-0.25, -0.2) is 9.97 Å². The van der Waals surface area contributed by atoms with Gasteiger partial charge in [0, 0.05) is 49.8 Å². The quantitative estimate of drug-likeness (QED) is 0.624. The number of nitrogens with two attached hydrogens (primary N) is 1. The number of nitrogen functional groups attached to an aromatic ring is 1. The van der Waals surface area contributed by atoms with E-state index in [1.807, 2.05) is 0 Å². The summed E-state index contributed by atoms with van der Waals surface area (Å²) in [5.74, 6) is 0.312. The molecule has 2 aromatic carbocycles. The Hall–Kier alpha value is -2.92. The number of aromatic nitrogens is 2. The highest BCUT2D eigenvalue weighted by molar-refractivity contribution is 5.62. The number of nitrogens with zero attached hydrogens (tertiary/aromatic N) is 4. The minimum absolute atomic E-state index is 0.312. The van der Waals surface area contributed by atoms with E-state index in [4.69, 9.17) is 5.73 Å². The van der Waals surface area contributed by atoms with Crippen LogP contribution in [-0.4, -0.2) is 47.6 Å². The van der Waals surface area contributed by atoms with Crippen molar-refractivity contribution in [1.29, 1.82) is 0 Å². The normalized spacial score (nSPS) is 14.8. The summed E-state index contributed by atoms with van der Waals surface area (Å²) in [5.41, 5.74) is 10.4. The molecule has 29 heavy (non-hydrogen) atoms. The van der Waals surface area contributed by atoms with E-state index in [1.165, 1.54) is 30.6 Å². The fourth-order valence-corrected chi connectivity index (χ4v) is 3.88. The van der Waals surface area contributed by atoms with Gasteiger partial charge in [0.1, 0.15) is 0 Å². The highest BCUT2D eigenvalue weighted by Gasteiger charge is 2.16. The van der Waals surface area contributed by atoms with Crippen LogP contribution in [0.25, 0.3) is 11.1 Å². The van der Waals surface area contributed by atoms with Crippen molar-refractivity contribution in [2.45, 2.75) is 19.3 Å². The van der Waals surface area contributed by atoms with Crippen molar-refractivity contribution >= 4 is 11.6 Å². The Morgan fingerprint density at radius 1 is 0.759 bits per heavy atom. The zero-order valence-corrected chi connectivity index (χ0v) is 16.9. The molecule has 1 aliphatic rings. The van der Waals surface area contributed by atoms with Crippen LogP contribution in [0.5, 0.6) is 0 Å². The molecule has 0 saturated carbocycles. The number of hydrogen-bond donors (Lipinski definition) is 1. The molecule has 5 nitrogen and oxygen atoms in total. The van der Waals surface area contributed by atoms with Gasteiger partial charge in [0.25, 0.3) is 0 Å². The highest BCUT2D eigenvalue weighted by Crippen LogP contribution is 2.19. The number of para-hydroxylation sites is 1. The summed E-state index contributed by atoms with van der Waals surface area (Å²) in [6, 6.07) is 19.5. The van der Waals surface area contributed by atoms with E-state index in [2.05, 4.69) is 74.4 Å². The maximum absolute atomic E-state index is 5.56. The van der Waals surface area contributed by atoms with Crippen molar-refractivity contribution in [2.24, 2.45) is 0 Å². The Kier molecular flexibility index (Phi) is 6.37. The SMILES string of the molecule is Nc1ncc(-c2ccc(CCCCN3CCN(c4ccccc4)CC3)cc2)cn1. The first-order valence-corrected chi connectivity index (χ1v) is 10.5. The van der Waals surface area contributed by atoms with E-state index in [0.717, 1.165) is 43.7 Å². The second kappa shape index (κ2) is 9.52. The molecule has 4 rings (SSSR count). The zero-order valence-electron chi connectivity index (χ0n) is 16.9. The second-order valence-electron chi connectivity index (χ2n) is 7.65. The molecule has 0 amide bonds. The lowest BCUT2D eigenvalue weighted by Crippen LogP contribution is -2.46. The molecule has 0 radical (unpaired) electrons. The molecule has 0 spiro atoms.